The van der Waals surface area contributed by atoms with Gasteiger partial charge < -0.3 is 5.73 Å². The van der Waals surface area contributed by atoms with Crippen molar-refractivity contribution in [3.8, 4) is 0 Å². The van der Waals surface area contributed by atoms with Crippen molar-refractivity contribution in [2.24, 2.45) is 0 Å². The van der Waals surface area contributed by atoms with Crippen molar-refractivity contribution in [1.82, 2.24) is 10.2 Å². The van der Waals surface area contributed by atoms with Crippen LogP contribution in [0, 0.1) is 0 Å². The Morgan fingerprint density at radius 2 is 2.10 bits per heavy atom. The number of hydrogen-bond donors (Lipinski definition) is 1. The van der Waals surface area contributed by atoms with E-state index in [2.05, 4.69) is 10.2 Å². The molecule has 0 bridgehead atoms. The molecule has 1 aromatic rings. The maximum atomic E-state index is 5.37. The number of nitrogens with two attached hydrogens (primary N) is 1. The molecule has 3 heteroatoms. The van der Waals surface area contributed by atoms with Gasteiger partial charge in [-0.3, -0.25) is 0 Å². The van der Waals surface area contributed by atoms with Gasteiger partial charge in [-0.05, 0) is 25.0 Å². The molecule has 0 aliphatic heterocycles. The molecular formula is C7H9N3. The van der Waals surface area contributed by atoms with E-state index in [1.165, 1.54) is 12.8 Å². The second kappa shape index (κ2) is 1.94. The van der Waals surface area contributed by atoms with E-state index in [1.54, 1.807) is 6.07 Å². The van der Waals surface area contributed by atoms with E-state index in [4.69, 9.17) is 5.73 Å². The van der Waals surface area contributed by atoms with Gasteiger partial charge in [-0.2, -0.15) is 5.10 Å². The largest absolute Gasteiger partial charge is 0.382 e. The van der Waals surface area contributed by atoms with Crippen LogP contribution in [0.1, 0.15) is 24.5 Å². The number of aromatic nitrogens is 2. The average Bonchev–Trinajstić information content (AvgIpc) is 2.71. The zero-order chi connectivity index (χ0) is 6.97. The summed E-state index contributed by atoms with van der Waals surface area (Å²) >= 11 is 0. The minimum Gasteiger partial charge on any atom is -0.382 e. The smallest absolute Gasteiger partial charge is 0.146 e. The van der Waals surface area contributed by atoms with Crippen molar-refractivity contribution < 1.29 is 0 Å². The summed E-state index contributed by atoms with van der Waals surface area (Å²) in [5, 5.41) is 7.73. The lowest BCUT2D eigenvalue weighted by atomic mass is 10.3. The summed E-state index contributed by atoms with van der Waals surface area (Å²) < 4.78 is 0. The second-order valence-corrected chi connectivity index (χ2v) is 2.66. The molecular weight excluding hydrogens is 126 g/mol. The summed E-state index contributed by atoms with van der Waals surface area (Å²) in [4.78, 5) is 0. The Balaban J connectivity index is 2.28. The molecule has 0 radical (unpaired) electrons. The van der Waals surface area contributed by atoms with Crippen LogP contribution in [-0.2, 0) is 0 Å². The van der Waals surface area contributed by atoms with Gasteiger partial charge in [0.05, 0.1) is 5.69 Å². The van der Waals surface area contributed by atoms with Crippen LogP contribution in [0.5, 0.6) is 0 Å². The van der Waals surface area contributed by atoms with Crippen LogP contribution in [0.4, 0.5) is 5.82 Å². The van der Waals surface area contributed by atoms with E-state index < -0.39 is 0 Å². The van der Waals surface area contributed by atoms with Gasteiger partial charge >= 0.3 is 0 Å². The summed E-state index contributed by atoms with van der Waals surface area (Å²) in [5.74, 6) is 1.18. The maximum absolute atomic E-state index is 5.37. The summed E-state index contributed by atoms with van der Waals surface area (Å²) in [6.07, 6.45) is 2.52. The molecule has 0 amide bonds. The highest BCUT2D eigenvalue weighted by atomic mass is 15.1. The quantitative estimate of drug-likeness (QED) is 0.623. The van der Waals surface area contributed by atoms with E-state index >= 15 is 0 Å². The Bertz CT molecular complexity index is 225. The van der Waals surface area contributed by atoms with Gasteiger partial charge in [-0.25, -0.2) is 0 Å². The molecule has 3 nitrogen and oxygen atoms in total. The first-order valence-corrected chi connectivity index (χ1v) is 3.45. The number of anilines is 1. The lowest BCUT2D eigenvalue weighted by Crippen LogP contribution is -1.94. The molecule has 10 heavy (non-hydrogen) atoms. The molecule has 1 aromatic heterocycles. The zero-order valence-corrected chi connectivity index (χ0v) is 5.62. The molecule has 0 aromatic carbocycles. The first-order valence-electron chi connectivity index (χ1n) is 3.45. The minimum absolute atomic E-state index is 0.504. The van der Waals surface area contributed by atoms with Crippen molar-refractivity contribution in [3.05, 3.63) is 17.8 Å². The van der Waals surface area contributed by atoms with Gasteiger partial charge in [0.1, 0.15) is 5.82 Å². The summed E-state index contributed by atoms with van der Waals surface area (Å²) in [5.41, 5.74) is 6.47. The third kappa shape index (κ3) is 0.943. The average molecular weight is 135 g/mol. The molecule has 1 saturated carbocycles. The first-order chi connectivity index (χ1) is 4.86. The van der Waals surface area contributed by atoms with Gasteiger partial charge in [0.25, 0.3) is 0 Å². The highest BCUT2D eigenvalue weighted by Gasteiger charge is 2.24. The van der Waals surface area contributed by atoms with E-state index in [1.807, 2.05) is 6.07 Å². The predicted octanol–water partition coefficient (Wildman–Crippen LogP) is 0.936. The number of nitrogens with zero attached hydrogens (tertiary/aromatic N) is 2. The highest BCUT2D eigenvalue weighted by Crippen LogP contribution is 2.38. The molecule has 0 spiro atoms. The molecule has 52 valence electrons. The number of hydrogen-bond acceptors (Lipinski definition) is 3. The Hall–Kier alpha value is -1.12. The van der Waals surface area contributed by atoms with Crippen LogP contribution in [0.15, 0.2) is 12.1 Å². The molecule has 1 fully saturated rings. The molecule has 0 saturated heterocycles. The molecule has 2 N–H and O–H groups in total. The van der Waals surface area contributed by atoms with Crippen LogP contribution in [-0.4, -0.2) is 10.2 Å². The molecule has 2 rings (SSSR count). The van der Waals surface area contributed by atoms with Gasteiger partial charge in [0.2, 0.25) is 0 Å². The Kier molecular flexibility index (Phi) is 1.09. The van der Waals surface area contributed by atoms with Gasteiger partial charge in [0.15, 0.2) is 0 Å². The minimum atomic E-state index is 0.504. The Morgan fingerprint density at radius 3 is 2.60 bits per heavy atom. The highest BCUT2D eigenvalue weighted by molar-refractivity contribution is 5.27. The number of nitrogen functional groups attached to an aromatic ring is 1. The summed E-state index contributed by atoms with van der Waals surface area (Å²) in [6, 6.07) is 3.76. The van der Waals surface area contributed by atoms with Gasteiger partial charge in [-0.15, -0.1) is 5.10 Å². The fourth-order valence-corrected chi connectivity index (χ4v) is 0.950. The van der Waals surface area contributed by atoms with E-state index in [-0.39, 0.29) is 0 Å². The topological polar surface area (TPSA) is 51.8 Å². The third-order valence-electron chi connectivity index (χ3n) is 1.70. The fourth-order valence-electron chi connectivity index (χ4n) is 0.950. The van der Waals surface area contributed by atoms with Crippen molar-refractivity contribution in [2.75, 3.05) is 5.73 Å². The molecule has 0 unspecified atom stereocenters. The van der Waals surface area contributed by atoms with Crippen molar-refractivity contribution >= 4 is 5.82 Å². The van der Waals surface area contributed by atoms with Crippen LogP contribution in [0.25, 0.3) is 0 Å². The van der Waals surface area contributed by atoms with Crippen LogP contribution < -0.4 is 5.73 Å². The van der Waals surface area contributed by atoms with Crippen LogP contribution in [0.2, 0.25) is 0 Å². The normalized spacial score (nSPS) is 17.2. The molecule has 1 aliphatic carbocycles. The Morgan fingerprint density at radius 1 is 1.30 bits per heavy atom. The van der Waals surface area contributed by atoms with Gasteiger partial charge in [-0.1, -0.05) is 0 Å². The van der Waals surface area contributed by atoms with Crippen molar-refractivity contribution in [2.45, 2.75) is 18.8 Å². The predicted molar refractivity (Wildman–Crippen MR) is 38.4 cm³/mol. The maximum Gasteiger partial charge on any atom is 0.146 e. The van der Waals surface area contributed by atoms with Crippen LogP contribution in [0.3, 0.4) is 0 Å². The summed E-state index contributed by atoms with van der Waals surface area (Å²) in [6.45, 7) is 0. The molecule has 1 aliphatic rings. The SMILES string of the molecule is Nc1ccc(C2CC2)nn1. The fraction of sp³-hybridized carbons (Fsp3) is 0.429. The zero-order valence-electron chi connectivity index (χ0n) is 5.62. The van der Waals surface area contributed by atoms with E-state index in [9.17, 15) is 0 Å². The van der Waals surface area contributed by atoms with Crippen molar-refractivity contribution in [3.63, 3.8) is 0 Å². The molecule has 0 atom stereocenters. The summed E-state index contributed by atoms with van der Waals surface area (Å²) in [7, 11) is 0. The Labute approximate surface area is 59.3 Å². The lowest BCUT2D eigenvalue weighted by Gasteiger charge is -1.93. The standard InChI is InChI=1S/C7H9N3/c8-7-4-3-6(9-10-7)5-1-2-5/h3-5H,1-2H2,(H2,8,10). The van der Waals surface area contributed by atoms with Crippen molar-refractivity contribution in [1.29, 1.82) is 0 Å². The van der Waals surface area contributed by atoms with Crippen LogP contribution >= 0.6 is 0 Å². The molecule has 1 heterocycles. The first kappa shape index (κ1) is 5.65. The lowest BCUT2D eigenvalue weighted by molar-refractivity contribution is 0.917. The number of rotatable bonds is 1. The van der Waals surface area contributed by atoms with E-state index in [0.717, 1.165) is 5.69 Å². The van der Waals surface area contributed by atoms with Gasteiger partial charge in [0, 0.05) is 5.92 Å². The monoisotopic (exact) mass is 135 g/mol. The second-order valence-electron chi connectivity index (χ2n) is 2.66. The van der Waals surface area contributed by atoms with E-state index in [0.29, 0.717) is 11.7 Å². The third-order valence-corrected chi connectivity index (χ3v) is 1.70.